The zero-order valence-electron chi connectivity index (χ0n) is 27.4. The molecule has 2 aromatic heterocycles. The molecule has 2 saturated heterocycles. The first-order valence-electron chi connectivity index (χ1n) is 17.7. The van der Waals surface area contributed by atoms with E-state index in [1.165, 1.54) is 15.8 Å². The number of piperazine rings is 1. The quantitative estimate of drug-likeness (QED) is 0.146. The Morgan fingerprint density at radius 2 is 1.72 bits per heavy atom. The highest BCUT2D eigenvalue weighted by Crippen LogP contribution is 2.33. The second kappa shape index (κ2) is 15.7. The van der Waals surface area contributed by atoms with E-state index in [1.807, 2.05) is 29.5 Å². The number of thiophene rings is 1. The number of nitrogens with zero attached hydrogens (tertiary/aromatic N) is 3. The fourth-order valence-electron chi connectivity index (χ4n) is 7.44. The molecular weight excluding hydrogens is 609 g/mol. The van der Waals surface area contributed by atoms with E-state index in [-0.39, 0.29) is 12.0 Å². The van der Waals surface area contributed by atoms with Crippen LogP contribution in [0.25, 0.3) is 21.0 Å². The van der Waals surface area contributed by atoms with Gasteiger partial charge in [-0.2, -0.15) is 0 Å². The van der Waals surface area contributed by atoms with Crippen LogP contribution in [0.3, 0.4) is 0 Å². The molecule has 4 heterocycles. The van der Waals surface area contributed by atoms with E-state index in [1.54, 1.807) is 0 Å². The highest BCUT2D eigenvalue weighted by Gasteiger charge is 2.34. The van der Waals surface area contributed by atoms with Gasteiger partial charge in [-0.1, -0.05) is 6.07 Å². The van der Waals surface area contributed by atoms with E-state index >= 15 is 0 Å². The van der Waals surface area contributed by atoms with Gasteiger partial charge in [0, 0.05) is 78.5 Å². The van der Waals surface area contributed by atoms with Crippen LogP contribution >= 0.6 is 11.3 Å². The van der Waals surface area contributed by atoms with Gasteiger partial charge in [0.25, 0.3) is 0 Å². The third-order valence-corrected chi connectivity index (χ3v) is 11.0. The molecule has 4 aromatic rings. The lowest BCUT2D eigenvalue weighted by atomic mass is 9.78. The molecular formula is C38H48N4O4S. The second-order valence-electron chi connectivity index (χ2n) is 13.3. The number of fused-ring (bicyclic) bond motifs is 3. The van der Waals surface area contributed by atoms with Gasteiger partial charge >= 0.3 is 0 Å². The van der Waals surface area contributed by atoms with Crippen molar-refractivity contribution in [1.82, 2.24) is 15.2 Å². The van der Waals surface area contributed by atoms with E-state index in [0.717, 1.165) is 107 Å². The molecule has 0 radical (unpaired) electrons. The first kappa shape index (κ1) is 32.2. The highest BCUT2D eigenvalue weighted by molar-refractivity contribution is 7.17. The summed E-state index contributed by atoms with van der Waals surface area (Å²) in [5, 5.41) is 7.83. The number of hydrogen-bond donors (Lipinski definition) is 1. The highest BCUT2D eigenvalue weighted by atomic mass is 32.1. The number of nitrogens with one attached hydrogen (secondary N) is 1. The Hall–Kier alpha value is -3.40. The summed E-state index contributed by atoms with van der Waals surface area (Å²) in [4.78, 5) is 21.6. The van der Waals surface area contributed by atoms with Crippen LogP contribution < -0.4 is 19.7 Å². The molecule has 1 N–H and O–H groups in total. The van der Waals surface area contributed by atoms with Crippen molar-refractivity contribution < 1.29 is 19.0 Å². The van der Waals surface area contributed by atoms with Gasteiger partial charge in [0.05, 0.1) is 24.8 Å². The number of ether oxygens (including phenoxy) is 3. The maximum absolute atomic E-state index is 11.7. The second-order valence-corrected chi connectivity index (χ2v) is 14.3. The molecule has 3 atom stereocenters. The molecule has 47 heavy (non-hydrogen) atoms. The lowest BCUT2D eigenvalue weighted by Crippen LogP contribution is -2.49. The Balaban J connectivity index is 0.771. The molecule has 1 saturated carbocycles. The molecule has 3 aliphatic rings. The maximum atomic E-state index is 11.7. The number of piperidine rings is 1. The van der Waals surface area contributed by atoms with Crippen molar-refractivity contribution in [3.05, 3.63) is 60.0 Å². The van der Waals surface area contributed by atoms with E-state index in [9.17, 15) is 4.79 Å². The van der Waals surface area contributed by atoms with Crippen LogP contribution in [0.5, 0.6) is 11.6 Å². The molecule has 250 valence electrons. The minimum atomic E-state index is 0.199. The number of aromatic nitrogens is 1. The molecule has 3 fully saturated rings. The Kier molecular flexibility index (Phi) is 10.7. The number of pyridine rings is 1. The van der Waals surface area contributed by atoms with E-state index in [2.05, 4.69) is 56.9 Å². The third kappa shape index (κ3) is 8.37. The number of anilines is 1. The average molecular weight is 657 g/mol. The lowest BCUT2D eigenvalue weighted by molar-refractivity contribution is -0.125. The molecule has 0 bridgehead atoms. The van der Waals surface area contributed by atoms with Gasteiger partial charge < -0.3 is 24.4 Å². The van der Waals surface area contributed by atoms with Crippen LogP contribution in [-0.4, -0.2) is 80.5 Å². The first-order chi connectivity index (χ1) is 23.2. The summed E-state index contributed by atoms with van der Waals surface area (Å²) >= 11 is 1.82. The smallest absolute Gasteiger partial charge is 0.220 e. The normalized spacial score (nSPS) is 21.9. The monoisotopic (exact) mass is 656 g/mol. The predicted molar refractivity (Wildman–Crippen MR) is 190 cm³/mol. The van der Waals surface area contributed by atoms with Gasteiger partial charge in [-0.3, -0.25) is 9.69 Å². The minimum absolute atomic E-state index is 0.199. The Labute approximate surface area is 282 Å². The zero-order chi connectivity index (χ0) is 31.8. The number of unbranched alkanes of at least 4 members (excludes halogenated alkanes) is 2. The van der Waals surface area contributed by atoms with Crippen molar-refractivity contribution in [3.8, 4) is 11.6 Å². The summed E-state index contributed by atoms with van der Waals surface area (Å²) in [5.74, 6) is 2.34. The number of benzene rings is 2. The van der Waals surface area contributed by atoms with Gasteiger partial charge in [-0.15, -0.1) is 11.3 Å². The molecule has 2 aliphatic heterocycles. The number of carbonyl (C=O) groups excluding carboxylic acids is 1. The van der Waals surface area contributed by atoms with Crippen LogP contribution in [0.1, 0.15) is 57.8 Å². The maximum Gasteiger partial charge on any atom is 0.220 e. The van der Waals surface area contributed by atoms with Gasteiger partial charge in [-0.05, 0) is 106 Å². The van der Waals surface area contributed by atoms with E-state index in [0.29, 0.717) is 37.5 Å². The summed E-state index contributed by atoms with van der Waals surface area (Å²) in [6, 6.07) is 19.4. The topological polar surface area (TPSA) is 76.2 Å². The van der Waals surface area contributed by atoms with Crippen LogP contribution in [0.15, 0.2) is 60.0 Å². The molecule has 3 unspecified atom stereocenters. The lowest BCUT2D eigenvalue weighted by Gasteiger charge is -2.39. The fraction of sp³-hybridized carbons (Fsp3) is 0.526. The SMILES string of the molecule is O=C1CCC2CCC(OCCCCOc3ccc4ccc(OCCCCN5CCN(c6cccc7sccc67)CC5)cc4n3)CC2N1. The van der Waals surface area contributed by atoms with E-state index in [4.69, 9.17) is 19.2 Å². The molecule has 7 rings (SSSR count). The fourth-order valence-corrected chi connectivity index (χ4v) is 8.24. The molecule has 0 spiro atoms. The van der Waals surface area contributed by atoms with Gasteiger partial charge in [-0.25, -0.2) is 4.98 Å². The van der Waals surface area contributed by atoms with Crippen molar-refractivity contribution in [1.29, 1.82) is 0 Å². The summed E-state index contributed by atoms with van der Waals surface area (Å²) < 4.78 is 19.6. The summed E-state index contributed by atoms with van der Waals surface area (Å²) in [6.45, 7) is 7.56. The Morgan fingerprint density at radius 3 is 2.66 bits per heavy atom. The van der Waals surface area contributed by atoms with E-state index < -0.39 is 0 Å². The molecule has 1 aliphatic carbocycles. The van der Waals surface area contributed by atoms with Crippen LogP contribution in [0, 0.1) is 5.92 Å². The number of carbonyl (C=O) groups is 1. The third-order valence-electron chi connectivity index (χ3n) is 10.1. The van der Waals surface area contributed by atoms with Crippen LogP contribution in [0.2, 0.25) is 0 Å². The predicted octanol–water partition coefficient (Wildman–Crippen LogP) is 7.05. The summed E-state index contributed by atoms with van der Waals surface area (Å²) in [7, 11) is 0. The van der Waals surface area contributed by atoms with Crippen molar-refractivity contribution in [2.75, 3.05) is 57.4 Å². The number of rotatable bonds is 14. The van der Waals surface area contributed by atoms with Crippen molar-refractivity contribution in [2.24, 2.45) is 5.92 Å². The minimum Gasteiger partial charge on any atom is -0.494 e. The molecule has 8 nitrogen and oxygen atoms in total. The molecule has 9 heteroatoms. The van der Waals surface area contributed by atoms with Crippen LogP contribution in [0.4, 0.5) is 5.69 Å². The van der Waals surface area contributed by atoms with Crippen LogP contribution in [-0.2, 0) is 9.53 Å². The van der Waals surface area contributed by atoms with Gasteiger partial charge in [0.2, 0.25) is 11.8 Å². The molecule has 1 amide bonds. The average Bonchev–Trinajstić information content (AvgIpc) is 3.59. The van der Waals surface area contributed by atoms with Crippen molar-refractivity contribution >= 4 is 43.9 Å². The number of hydrogen-bond acceptors (Lipinski definition) is 8. The van der Waals surface area contributed by atoms with Crippen molar-refractivity contribution in [2.45, 2.75) is 69.9 Å². The molecule has 2 aromatic carbocycles. The number of amides is 1. The summed E-state index contributed by atoms with van der Waals surface area (Å²) in [5.41, 5.74) is 2.28. The summed E-state index contributed by atoms with van der Waals surface area (Å²) in [6.07, 6.45) is 9.22. The van der Waals surface area contributed by atoms with Crippen molar-refractivity contribution in [3.63, 3.8) is 0 Å². The first-order valence-corrected chi connectivity index (χ1v) is 18.6. The Bertz CT molecular complexity index is 1620. The van der Waals surface area contributed by atoms with Gasteiger partial charge in [0.1, 0.15) is 5.75 Å². The largest absolute Gasteiger partial charge is 0.494 e. The Morgan fingerprint density at radius 1 is 0.872 bits per heavy atom. The standard InChI is InChI=1S/C38H48N4O4S/c43-37-14-10-28-8-12-30(26-33(28)39-37)45-23-3-4-24-46-38-15-11-29-9-13-31(27-34(29)40-38)44-22-2-1-17-41-18-20-42(21-19-41)35-6-5-7-36-32(35)16-25-47-36/h5-7,9,11,13,15-16,25,27-28,30,33H,1-4,8,10,12,14,17-24,26H2,(H,39,43). The zero-order valence-corrected chi connectivity index (χ0v) is 28.2. The van der Waals surface area contributed by atoms with Gasteiger partial charge in [0.15, 0.2) is 0 Å².